The van der Waals surface area contributed by atoms with Crippen molar-refractivity contribution in [2.24, 2.45) is 0 Å². The highest BCUT2D eigenvalue weighted by Gasteiger charge is 2.30. The molecule has 0 radical (unpaired) electrons. The molecule has 1 aliphatic heterocycles. The van der Waals surface area contributed by atoms with E-state index in [1.165, 1.54) is 0 Å². The third-order valence-electron chi connectivity index (χ3n) is 1.98. The predicted octanol–water partition coefficient (Wildman–Crippen LogP) is 0.266. The smallest absolute Gasteiger partial charge is 0.320 e. The molecule has 1 heterocycles. The Bertz CT molecular complexity index is 208. The molecular formula is C7H11N3O. The number of likely N-dealkylation sites (N-methyl/N-ethyl adjacent to an activating group) is 1. The zero-order valence-electron chi connectivity index (χ0n) is 6.74. The SMILES string of the molecule is CC1CN(CC#N)C(=O)N1C. The number of carbonyl (C=O) groups excluding carboxylic acids is 1. The summed E-state index contributed by atoms with van der Waals surface area (Å²) in [5, 5.41) is 8.35. The minimum atomic E-state index is -0.0425. The second kappa shape index (κ2) is 2.79. The molecule has 2 amide bonds. The number of hydrogen-bond acceptors (Lipinski definition) is 2. The molecule has 4 heteroatoms. The lowest BCUT2D eigenvalue weighted by Crippen LogP contribution is -2.30. The van der Waals surface area contributed by atoms with Crippen LogP contribution in [0, 0.1) is 11.3 Å². The van der Waals surface area contributed by atoms with Crippen molar-refractivity contribution in [2.75, 3.05) is 20.1 Å². The van der Waals surface area contributed by atoms with E-state index in [-0.39, 0.29) is 18.6 Å². The van der Waals surface area contributed by atoms with Gasteiger partial charge in [0.2, 0.25) is 0 Å². The Hall–Kier alpha value is -1.24. The van der Waals surface area contributed by atoms with E-state index >= 15 is 0 Å². The molecule has 60 valence electrons. The lowest BCUT2D eigenvalue weighted by Gasteiger charge is -2.12. The molecule has 1 atom stereocenters. The summed E-state index contributed by atoms with van der Waals surface area (Å²) in [7, 11) is 1.75. The maximum Gasteiger partial charge on any atom is 0.320 e. The number of amides is 2. The van der Waals surface area contributed by atoms with E-state index in [4.69, 9.17) is 5.26 Å². The van der Waals surface area contributed by atoms with Gasteiger partial charge in [-0.3, -0.25) is 0 Å². The quantitative estimate of drug-likeness (QED) is 0.507. The number of hydrogen-bond donors (Lipinski definition) is 0. The summed E-state index contributed by atoms with van der Waals surface area (Å²) in [4.78, 5) is 14.4. The maximum atomic E-state index is 11.2. The largest absolute Gasteiger partial charge is 0.323 e. The zero-order valence-corrected chi connectivity index (χ0v) is 6.74. The van der Waals surface area contributed by atoms with Gasteiger partial charge < -0.3 is 9.80 Å². The molecule has 0 aliphatic carbocycles. The van der Waals surface area contributed by atoms with Gasteiger partial charge in [0.1, 0.15) is 6.54 Å². The Morgan fingerprint density at radius 1 is 1.82 bits per heavy atom. The van der Waals surface area contributed by atoms with Gasteiger partial charge in [0.25, 0.3) is 0 Å². The van der Waals surface area contributed by atoms with Crippen molar-refractivity contribution in [2.45, 2.75) is 13.0 Å². The summed E-state index contributed by atoms with van der Waals surface area (Å²) in [6.07, 6.45) is 0. The molecule has 0 aromatic rings. The Morgan fingerprint density at radius 3 is 2.82 bits per heavy atom. The summed E-state index contributed by atoms with van der Waals surface area (Å²) in [5.41, 5.74) is 0. The van der Waals surface area contributed by atoms with E-state index in [1.54, 1.807) is 16.8 Å². The molecule has 1 aliphatic rings. The van der Waals surface area contributed by atoms with Crippen LogP contribution in [0.1, 0.15) is 6.92 Å². The van der Waals surface area contributed by atoms with E-state index < -0.39 is 0 Å². The topological polar surface area (TPSA) is 47.3 Å². The number of urea groups is 1. The summed E-state index contributed by atoms with van der Waals surface area (Å²) >= 11 is 0. The van der Waals surface area contributed by atoms with Crippen molar-refractivity contribution in [1.29, 1.82) is 5.26 Å². The first-order valence-electron chi connectivity index (χ1n) is 3.55. The first kappa shape index (κ1) is 7.86. The fraction of sp³-hybridized carbons (Fsp3) is 0.714. The Labute approximate surface area is 66.0 Å². The van der Waals surface area contributed by atoms with Gasteiger partial charge in [-0.05, 0) is 6.92 Å². The van der Waals surface area contributed by atoms with Crippen LogP contribution in [-0.2, 0) is 0 Å². The van der Waals surface area contributed by atoms with Gasteiger partial charge in [-0.2, -0.15) is 5.26 Å². The van der Waals surface area contributed by atoms with Crippen molar-refractivity contribution >= 4 is 6.03 Å². The normalized spacial score (nSPS) is 24.1. The van der Waals surface area contributed by atoms with Gasteiger partial charge in [-0.1, -0.05) is 0 Å². The summed E-state index contributed by atoms with van der Waals surface area (Å²) in [5.74, 6) is 0. The Kier molecular flexibility index (Phi) is 1.99. The molecular weight excluding hydrogens is 142 g/mol. The number of nitriles is 1. The minimum Gasteiger partial charge on any atom is -0.323 e. The molecule has 0 saturated carbocycles. The van der Waals surface area contributed by atoms with Crippen LogP contribution in [0.3, 0.4) is 0 Å². The van der Waals surface area contributed by atoms with Gasteiger partial charge in [0.15, 0.2) is 0 Å². The van der Waals surface area contributed by atoms with Crippen LogP contribution in [0.15, 0.2) is 0 Å². The van der Waals surface area contributed by atoms with Crippen LogP contribution in [-0.4, -0.2) is 42.0 Å². The van der Waals surface area contributed by atoms with Gasteiger partial charge in [-0.25, -0.2) is 4.79 Å². The standard InChI is InChI=1S/C7H11N3O/c1-6-5-10(4-3-8)7(11)9(6)2/h6H,4-5H2,1-2H3. The van der Waals surface area contributed by atoms with Crippen LogP contribution >= 0.6 is 0 Å². The van der Waals surface area contributed by atoms with Crippen LogP contribution < -0.4 is 0 Å². The van der Waals surface area contributed by atoms with Crippen LogP contribution in [0.2, 0.25) is 0 Å². The molecule has 0 N–H and O–H groups in total. The van der Waals surface area contributed by atoms with Crippen molar-refractivity contribution in [3.8, 4) is 6.07 Å². The zero-order chi connectivity index (χ0) is 8.43. The van der Waals surface area contributed by atoms with E-state index in [0.717, 1.165) is 0 Å². The second-order valence-electron chi connectivity index (χ2n) is 2.78. The third-order valence-corrected chi connectivity index (χ3v) is 1.98. The molecule has 1 fully saturated rings. The number of carbonyl (C=O) groups is 1. The highest BCUT2D eigenvalue weighted by Crippen LogP contribution is 2.11. The monoisotopic (exact) mass is 153 g/mol. The van der Waals surface area contributed by atoms with Crippen molar-refractivity contribution in [1.82, 2.24) is 9.80 Å². The molecule has 4 nitrogen and oxygen atoms in total. The molecule has 0 aromatic carbocycles. The average Bonchev–Trinajstić information content (AvgIpc) is 2.19. The van der Waals surface area contributed by atoms with E-state index in [2.05, 4.69) is 0 Å². The van der Waals surface area contributed by atoms with Gasteiger partial charge in [0, 0.05) is 19.6 Å². The van der Waals surface area contributed by atoms with Crippen LogP contribution in [0.4, 0.5) is 4.79 Å². The van der Waals surface area contributed by atoms with Crippen molar-refractivity contribution < 1.29 is 4.79 Å². The van der Waals surface area contributed by atoms with Crippen LogP contribution in [0.25, 0.3) is 0 Å². The lowest BCUT2D eigenvalue weighted by atomic mass is 10.3. The summed E-state index contributed by atoms with van der Waals surface area (Å²) in [6.45, 7) is 2.84. The van der Waals surface area contributed by atoms with Crippen molar-refractivity contribution in [3.05, 3.63) is 0 Å². The summed E-state index contributed by atoms with van der Waals surface area (Å²) in [6, 6.07) is 2.15. The van der Waals surface area contributed by atoms with Gasteiger partial charge in [0.05, 0.1) is 6.07 Å². The third kappa shape index (κ3) is 1.27. The molecule has 0 aromatic heterocycles. The van der Waals surface area contributed by atoms with Crippen molar-refractivity contribution in [3.63, 3.8) is 0 Å². The fourth-order valence-corrected chi connectivity index (χ4v) is 1.15. The minimum absolute atomic E-state index is 0.0425. The molecule has 0 bridgehead atoms. The predicted molar refractivity (Wildman–Crippen MR) is 39.8 cm³/mol. The first-order chi connectivity index (χ1) is 5.16. The van der Waals surface area contributed by atoms with E-state index in [0.29, 0.717) is 6.54 Å². The fourth-order valence-electron chi connectivity index (χ4n) is 1.15. The molecule has 0 spiro atoms. The van der Waals surface area contributed by atoms with E-state index in [1.807, 2.05) is 13.0 Å². The first-order valence-corrected chi connectivity index (χ1v) is 3.55. The molecule has 1 unspecified atom stereocenters. The average molecular weight is 153 g/mol. The highest BCUT2D eigenvalue weighted by atomic mass is 16.2. The lowest BCUT2D eigenvalue weighted by molar-refractivity contribution is 0.199. The molecule has 1 saturated heterocycles. The molecule has 1 rings (SSSR count). The van der Waals surface area contributed by atoms with E-state index in [9.17, 15) is 4.79 Å². The number of rotatable bonds is 1. The maximum absolute atomic E-state index is 11.2. The Morgan fingerprint density at radius 2 is 2.45 bits per heavy atom. The van der Waals surface area contributed by atoms with Crippen LogP contribution in [0.5, 0.6) is 0 Å². The summed E-state index contributed by atoms with van der Waals surface area (Å²) < 4.78 is 0. The molecule has 11 heavy (non-hydrogen) atoms. The second-order valence-corrected chi connectivity index (χ2v) is 2.78. The number of nitrogens with zero attached hydrogens (tertiary/aromatic N) is 3. The van der Waals surface area contributed by atoms with Gasteiger partial charge in [-0.15, -0.1) is 0 Å². The Balaban J connectivity index is 2.61. The highest BCUT2D eigenvalue weighted by molar-refractivity contribution is 5.77. The van der Waals surface area contributed by atoms with Gasteiger partial charge >= 0.3 is 6.03 Å².